The van der Waals surface area contributed by atoms with Crippen molar-refractivity contribution >= 4 is 21.6 Å². The molecule has 0 radical (unpaired) electrons. The Morgan fingerprint density at radius 2 is 1.77 bits per heavy atom. The number of anilines is 1. The number of carbonyl (C=O) groups is 1. The van der Waals surface area contributed by atoms with Gasteiger partial charge in [0.05, 0.1) is 4.90 Å². The summed E-state index contributed by atoms with van der Waals surface area (Å²) in [5, 5.41) is 5.81. The number of hydrogen-bond donors (Lipinski definition) is 3. The number of sulfonamides is 1. The summed E-state index contributed by atoms with van der Waals surface area (Å²) in [6.45, 7) is 5.48. The van der Waals surface area contributed by atoms with E-state index < -0.39 is 15.8 Å². The van der Waals surface area contributed by atoms with E-state index in [-0.39, 0.29) is 22.1 Å². The fraction of sp³-hybridized carbons (Fsp3) is 0.278. The van der Waals surface area contributed by atoms with Crippen LogP contribution in [0, 0.1) is 12.7 Å². The molecule has 0 unspecified atom stereocenters. The van der Waals surface area contributed by atoms with Gasteiger partial charge < -0.3 is 10.6 Å². The third-order valence-electron chi connectivity index (χ3n) is 3.67. The van der Waals surface area contributed by atoms with Gasteiger partial charge in [-0.1, -0.05) is 13.0 Å². The quantitative estimate of drug-likeness (QED) is 0.614. The Balaban J connectivity index is 2.19. The van der Waals surface area contributed by atoms with Crippen LogP contribution in [0.5, 0.6) is 0 Å². The molecule has 0 aliphatic heterocycles. The molecule has 2 aromatic rings. The molecule has 6 nitrogen and oxygen atoms in total. The van der Waals surface area contributed by atoms with E-state index in [2.05, 4.69) is 15.4 Å². The third-order valence-corrected chi connectivity index (χ3v) is 5.20. The Bertz CT molecular complexity index is 868. The number of benzene rings is 2. The van der Waals surface area contributed by atoms with Crippen molar-refractivity contribution in [2.75, 3.05) is 24.4 Å². The van der Waals surface area contributed by atoms with Gasteiger partial charge in [-0.2, -0.15) is 0 Å². The second-order valence-corrected chi connectivity index (χ2v) is 7.35. The molecule has 0 bridgehead atoms. The predicted octanol–water partition coefficient (Wildman–Crippen LogP) is 2.27. The van der Waals surface area contributed by atoms with E-state index in [0.29, 0.717) is 18.7 Å². The average Bonchev–Trinajstić information content (AvgIpc) is 2.60. The summed E-state index contributed by atoms with van der Waals surface area (Å²) in [5.41, 5.74) is 1.00. The Labute approximate surface area is 152 Å². The lowest BCUT2D eigenvalue weighted by atomic mass is 10.1. The zero-order chi connectivity index (χ0) is 19.2. The summed E-state index contributed by atoms with van der Waals surface area (Å²) in [5.74, 6) is -0.804. The molecule has 3 N–H and O–H groups in total. The molecule has 0 aliphatic rings. The first-order valence-corrected chi connectivity index (χ1v) is 9.70. The lowest BCUT2D eigenvalue weighted by molar-refractivity contribution is 0.0953. The van der Waals surface area contributed by atoms with Crippen molar-refractivity contribution < 1.29 is 17.6 Å². The highest BCUT2D eigenvalue weighted by Gasteiger charge is 2.19. The van der Waals surface area contributed by atoms with Crippen LogP contribution in [0.4, 0.5) is 10.1 Å². The van der Waals surface area contributed by atoms with Crippen molar-refractivity contribution in [1.29, 1.82) is 0 Å². The Hall–Kier alpha value is -2.45. The van der Waals surface area contributed by atoms with Crippen LogP contribution in [-0.2, 0) is 10.0 Å². The number of amides is 1. The summed E-state index contributed by atoms with van der Waals surface area (Å²) in [4.78, 5) is 12.2. The summed E-state index contributed by atoms with van der Waals surface area (Å²) in [6, 6.07) is 9.49. The first-order chi connectivity index (χ1) is 12.3. The highest BCUT2D eigenvalue weighted by atomic mass is 32.2. The second-order valence-electron chi connectivity index (χ2n) is 5.70. The van der Waals surface area contributed by atoms with E-state index in [0.717, 1.165) is 6.54 Å². The number of likely N-dealkylation sites (N-methyl/N-ethyl adjacent to an activating group) is 1. The molecule has 0 saturated carbocycles. The van der Waals surface area contributed by atoms with Gasteiger partial charge in [0, 0.05) is 24.3 Å². The molecule has 8 heteroatoms. The van der Waals surface area contributed by atoms with Crippen molar-refractivity contribution in [2.45, 2.75) is 18.7 Å². The first kappa shape index (κ1) is 19.9. The molecule has 140 valence electrons. The van der Waals surface area contributed by atoms with Crippen molar-refractivity contribution in [2.24, 2.45) is 0 Å². The monoisotopic (exact) mass is 379 g/mol. The zero-order valence-electron chi connectivity index (χ0n) is 14.7. The average molecular weight is 379 g/mol. The maximum atomic E-state index is 13.0. The molecule has 1 amide bonds. The summed E-state index contributed by atoms with van der Waals surface area (Å²) >= 11 is 0. The molecule has 0 atom stereocenters. The summed E-state index contributed by atoms with van der Waals surface area (Å²) < 4.78 is 40.6. The fourth-order valence-electron chi connectivity index (χ4n) is 2.30. The molecule has 0 aromatic heterocycles. The predicted molar refractivity (Wildman–Crippen MR) is 99.3 cm³/mol. The second kappa shape index (κ2) is 8.77. The van der Waals surface area contributed by atoms with E-state index in [1.54, 1.807) is 19.1 Å². The normalized spacial score (nSPS) is 11.2. The molecule has 0 aliphatic carbocycles. The Morgan fingerprint density at radius 3 is 2.42 bits per heavy atom. The fourth-order valence-corrected chi connectivity index (χ4v) is 3.63. The van der Waals surface area contributed by atoms with Gasteiger partial charge >= 0.3 is 0 Å². The van der Waals surface area contributed by atoms with Gasteiger partial charge in [-0.3, -0.25) is 9.52 Å². The number of aryl methyl sites for hydroxylation is 1. The van der Waals surface area contributed by atoms with E-state index in [9.17, 15) is 17.6 Å². The maximum Gasteiger partial charge on any atom is 0.262 e. The first-order valence-electron chi connectivity index (χ1n) is 8.21. The molecular formula is C18H22FN3O3S. The number of halogens is 1. The number of hydrogen-bond acceptors (Lipinski definition) is 4. The van der Waals surface area contributed by atoms with Crippen molar-refractivity contribution in [3.8, 4) is 0 Å². The minimum Gasteiger partial charge on any atom is -0.351 e. The van der Waals surface area contributed by atoms with Crippen LogP contribution < -0.4 is 15.4 Å². The summed E-state index contributed by atoms with van der Waals surface area (Å²) in [7, 11) is -3.91. The van der Waals surface area contributed by atoms with Gasteiger partial charge in [0.1, 0.15) is 5.82 Å². The topological polar surface area (TPSA) is 87.3 Å². The van der Waals surface area contributed by atoms with Gasteiger partial charge in [-0.25, -0.2) is 12.8 Å². The third kappa shape index (κ3) is 5.27. The Kier molecular flexibility index (Phi) is 6.70. The lowest BCUT2D eigenvalue weighted by Gasteiger charge is -2.12. The highest BCUT2D eigenvalue weighted by molar-refractivity contribution is 7.92. The maximum absolute atomic E-state index is 13.0. The van der Waals surface area contributed by atoms with Crippen LogP contribution in [-0.4, -0.2) is 34.0 Å². The van der Waals surface area contributed by atoms with Gasteiger partial charge in [0.25, 0.3) is 15.9 Å². The van der Waals surface area contributed by atoms with E-state index in [1.807, 2.05) is 6.92 Å². The Morgan fingerprint density at radius 1 is 1.08 bits per heavy atom. The van der Waals surface area contributed by atoms with Gasteiger partial charge in [-0.15, -0.1) is 0 Å². The van der Waals surface area contributed by atoms with E-state index in [1.165, 1.54) is 30.3 Å². The van der Waals surface area contributed by atoms with Gasteiger partial charge in [-0.05, 0) is 55.4 Å². The van der Waals surface area contributed by atoms with Gasteiger partial charge in [0.2, 0.25) is 0 Å². The molecule has 26 heavy (non-hydrogen) atoms. The largest absolute Gasteiger partial charge is 0.351 e. The molecule has 2 rings (SSSR count). The SMILES string of the molecule is CCNCCNC(=O)c1ccc(C)c(S(=O)(=O)Nc2ccc(F)cc2)c1. The molecule has 0 heterocycles. The van der Waals surface area contributed by atoms with Crippen LogP contribution in [0.15, 0.2) is 47.4 Å². The van der Waals surface area contributed by atoms with Gasteiger partial charge in [0.15, 0.2) is 0 Å². The summed E-state index contributed by atoms with van der Waals surface area (Å²) in [6.07, 6.45) is 0. The van der Waals surface area contributed by atoms with Crippen molar-refractivity contribution in [1.82, 2.24) is 10.6 Å². The van der Waals surface area contributed by atoms with Crippen LogP contribution in [0.1, 0.15) is 22.8 Å². The molecular weight excluding hydrogens is 357 g/mol. The van der Waals surface area contributed by atoms with Crippen LogP contribution in [0.25, 0.3) is 0 Å². The number of rotatable bonds is 8. The molecule has 0 saturated heterocycles. The van der Waals surface area contributed by atoms with Crippen molar-refractivity contribution in [3.63, 3.8) is 0 Å². The number of carbonyl (C=O) groups excluding carboxylic acids is 1. The smallest absolute Gasteiger partial charge is 0.262 e. The van der Waals surface area contributed by atoms with E-state index >= 15 is 0 Å². The highest BCUT2D eigenvalue weighted by Crippen LogP contribution is 2.21. The molecule has 0 spiro atoms. The molecule has 0 fully saturated rings. The van der Waals surface area contributed by atoms with Crippen LogP contribution >= 0.6 is 0 Å². The van der Waals surface area contributed by atoms with Crippen molar-refractivity contribution in [3.05, 3.63) is 59.4 Å². The van der Waals surface area contributed by atoms with E-state index in [4.69, 9.17) is 0 Å². The standard InChI is InChI=1S/C18H22FN3O3S/c1-3-20-10-11-21-18(23)14-5-4-13(2)17(12-14)26(24,25)22-16-8-6-15(19)7-9-16/h4-9,12,20,22H,3,10-11H2,1-2H3,(H,21,23). The van der Waals surface area contributed by atoms with Crippen LogP contribution in [0.2, 0.25) is 0 Å². The minimum absolute atomic E-state index is 0.00107. The number of nitrogens with one attached hydrogen (secondary N) is 3. The zero-order valence-corrected chi connectivity index (χ0v) is 15.5. The lowest BCUT2D eigenvalue weighted by Crippen LogP contribution is -2.31. The minimum atomic E-state index is -3.91. The molecule has 2 aromatic carbocycles. The van der Waals surface area contributed by atoms with Crippen LogP contribution in [0.3, 0.4) is 0 Å².